The van der Waals surface area contributed by atoms with Gasteiger partial charge in [0.15, 0.2) is 0 Å². The van der Waals surface area contributed by atoms with Gasteiger partial charge in [0.2, 0.25) is 17.8 Å². The molecule has 0 bridgehead atoms. The van der Waals surface area contributed by atoms with Gasteiger partial charge in [0, 0.05) is 19.1 Å². The van der Waals surface area contributed by atoms with Crippen molar-refractivity contribution < 1.29 is 19.7 Å². The van der Waals surface area contributed by atoms with Crippen molar-refractivity contribution in [2.45, 2.75) is 37.8 Å². The number of hydrogen-bond acceptors (Lipinski definition) is 11. The van der Waals surface area contributed by atoms with E-state index in [1.807, 2.05) is 0 Å². The maximum Gasteiger partial charge on any atom is 0.229 e. The highest BCUT2D eigenvalue weighted by Crippen LogP contribution is 2.21. The minimum atomic E-state index is -0.536. The number of rotatable bonds is 15. The Labute approximate surface area is 165 Å². The van der Waals surface area contributed by atoms with Crippen LogP contribution in [0.15, 0.2) is 0 Å². The number of aromatic nitrogens is 3. The molecule has 0 atom stereocenters. The molecule has 160 valence electrons. The molecule has 0 saturated heterocycles. The summed E-state index contributed by atoms with van der Waals surface area (Å²) in [5.41, 5.74) is 5.35. The molecule has 1 aromatic rings. The van der Waals surface area contributed by atoms with Crippen LogP contribution < -0.4 is 21.7 Å². The molecule has 1 heterocycles. The van der Waals surface area contributed by atoms with Gasteiger partial charge in [0.25, 0.3) is 0 Å². The third-order valence-electron chi connectivity index (χ3n) is 4.26. The minimum absolute atomic E-state index is 0.226. The standard InChI is InChI=1S/C17H33N7O4/c18-5-7-27-9-10-28-8-6-19-15-22-16(20-13-3-1-2-4-13)24-17(23-15)21-14(11-25)12-26/h13-14,25-26H,1-12,18H2,(H3,19,20,21,22,23,24). The number of nitrogens with zero attached hydrogens (tertiary/aromatic N) is 3. The highest BCUT2D eigenvalue weighted by Gasteiger charge is 2.17. The summed E-state index contributed by atoms with van der Waals surface area (Å²) in [6.45, 7) is 2.58. The molecule has 1 aliphatic carbocycles. The Morgan fingerprint density at radius 3 is 2.25 bits per heavy atom. The Bertz CT molecular complexity index is 520. The number of nitrogens with two attached hydrogens (primary N) is 1. The summed E-state index contributed by atoms with van der Waals surface area (Å²) in [5, 5.41) is 27.9. The van der Waals surface area contributed by atoms with Crippen molar-refractivity contribution in [1.82, 2.24) is 15.0 Å². The molecule has 1 aliphatic rings. The molecule has 0 radical (unpaired) electrons. The SMILES string of the molecule is NCCOCCOCCNc1nc(NC(CO)CO)nc(NC2CCCC2)n1. The third-order valence-corrected chi connectivity index (χ3v) is 4.26. The van der Waals surface area contributed by atoms with Crippen LogP contribution in [0.5, 0.6) is 0 Å². The van der Waals surface area contributed by atoms with E-state index in [-0.39, 0.29) is 13.2 Å². The Morgan fingerprint density at radius 1 is 0.929 bits per heavy atom. The molecule has 0 amide bonds. The zero-order chi connectivity index (χ0) is 20.0. The molecule has 0 spiro atoms. The minimum Gasteiger partial charge on any atom is -0.394 e. The van der Waals surface area contributed by atoms with E-state index in [9.17, 15) is 10.2 Å². The number of anilines is 3. The van der Waals surface area contributed by atoms with Gasteiger partial charge in [0.1, 0.15) is 0 Å². The fourth-order valence-corrected chi connectivity index (χ4v) is 2.81. The zero-order valence-electron chi connectivity index (χ0n) is 16.3. The van der Waals surface area contributed by atoms with Gasteiger partial charge in [-0.3, -0.25) is 0 Å². The first-order valence-corrected chi connectivity index (χ1v) is 9.85. The van der Waals surface area contributed by atoms with Crippen LogP contribution in [-0.4, -0.2) is 90.0 Å². The molecule has 28 heavy (non-hydrogen) atoms. The van der Waals surface area contributed by atoms with E-state index in [1.54, 1.807) is 0 Å². The fraction of sp³-hybridized carbons (Fsp3) is 0.824. The van der Waals surface area contributed by atoms with Crippen LogP contribution in [0, 0.1) is 0 Å². The van der Waals surface area contributed by atoms with Gasteiger partial charge < -0.3 is 41.4 Å². The molecule has 0 unspecified atom stereocenters. The third kappa shape index (κ3) is 8.48. The molecule has 1 aromatic heterocycles. The van der Waals surface area contributed by atoms with Crippen molar-refractivity contribution in [2.75, 3.05) is 68.7 Å². The van der Waals surface area contributed by atoms with Gasteiger partial charge in [-0.05, 0) is 12.8 Å². The lowest BCUT2D eigenvalue weighted by atomic mass is 10.3. The predicted octanol–water partition coefficient (Wildman–Crippen LogP) is -0.605. The Hall–Kier alpha value is -1.79. The van der Waals surface area contributed by atoms with E-state index in [2.05, 4.69) is 30.9 Å². The summed E-state index contributed by atoms with van der Waals surface area (Å²) in [4.78, 5) is 13.1. The molecule has 1 fully saturated rings. The normalized spacial score (nSPS) is 14.6. The molecule has 2 rings (SSSR count). The van der Waals surface area contributed by atoms with Crippen LogP contribution in [0.2, 0.25) is 0 Å². The van der Waals surface area contributed by atoms with E-state index in [0.29, 0.717) is 63.4 Å². The Morgan fingerprint density at radius 2 is 1.57 bits per heavy atom. The van der Waals surface area contributed by atoms with Crippen LogP contribution in [0.4, 0.5) is 17.8 Å². The topological polar surface area (TPSA) is 160 Å². The van der Waals surface area contributed by atoms with Gasteiger partial charge in [0.05, 0.1) is 45.7 Å². The maximum atomic E-state index is 9.27. The highest BCUT2D eigenvalue weighted by atomic mass is 16.5. The number of nitrogens with one attached hydrogen (secondary N) is 3. The van der Waals surface area contributed by atoms with Crippen LogP contribution in [0.1, 0.15) is 25.7 Å². The zero-order valence-corrected chi connectivity index (χ0v) is 16.3. The second kappa shape index (κ2) is 13.4. The first-order valence-electron chi connectivity index (χ1n) is 9.85. The Balaban J connectivity index is 1.87. The van der Waals surface area contributed by atoms with Gasteiger partial charge in [-0.15, -0.1) is 0 Å². The number of aliphatic hydroxyl groups is 2. The first kappa shape index (κ1) is 22.5. The summed E-state index contributed by atoms with van der Waals surface area (Å²) in [5.74, 6) is 1.16. The lowest BCUT2D eigenvalue weighted by Crippen LogP contribution is -2.29. The predicted molar refractivity (Wildman–Crippen MR) is 106 cm³/mol. The molecule has 0 aliphatic heterocycles. The molecule has 11 nitrogen and oxygen atoms in total. The van der Waals surface area contributed by atoms with Gasteiger partial charge in [-0.2, -0.15) is 15.0 Å². The van der Waals surface area contributed by atoms with Crippen molar-refractivity contribution in [3.05, 3.63) is 0 Å². The average Bonchev–Trinajstić information content (AvgIpc) is 3.21. The van der Waals surface area contributed by atoms with E-state index >= 15 is 0 Å². The number of aliphatic hydroxyl groups excluding tert-OH is 2. The molecule has 7 N–H and O–H groups in total. The fourth-order valence-electron chi connectivity index (χ4n) is 2.81. The summed E-state index contributed by atoms with van der Waals surface area (Å²) >= 11 is 0. The molecule has 1 saturated carbocycles. The van der Waals surface area contributed by atoms with Crippen LogP contribution in [0.3, 0.4) is 0 Å². The first-order chi connectivity index (χ1) is 13.7. The second-order valence-corrected chi connectivity index (χ2v) is 6.58. The summed E-state index contributed by atoms with van der Waals surface area (Å²) < 4.78 is 10.7. The number of hydrogen-bond donors (Lipinski definition) is 6. The van der Waals surface area contributed by atoms with E-state index in [4.69, 9.17) is 15.2 Å². The monoisotopic (exact) mass is 399 g/mol. The van der Waals surface area contributed by atoms with Crippen molar-refractivity contribution >= 4 is 17.8 Å². The van der Waals surface area contributed by atoms with Gasteiger partial charge >= 0.3 is 0 Å². The van der Waals surface area contributed by atoms with Crippen LogP contribution in [-0.2, 0) is 9.47 Å². The van der Waals surface area contributed by atoms with E-state index < -0.39 is 6.04 Å². The molecular formula is C17H33N7O4. The smallest absolute Gasteiger partial charge is 0.229 e. The van der Waals surface area contributed by atoms with Gasteiger partial charge in [-0.1, -0.05) is 12.8 Å². The quantitative estimate of drug-likeness (QED) is 0.209. The van der Waals surface area contributed by atoms with Crippen molar-refractivity contribution in [2.24, 2.45) is 5.73 Å². The van der Waals surface area contributed by atoms with E-state index in [1.165, 1.54) is 12.8 Å². The van der Waals surface area contributed by atoms with Crippen molar-refractivity contribution in [3.8, 4) is 0 Å². The second-order valence-electron chi connectivity index (χ2n) is 6.58. The summed E-state index contributed by atoms with van der Waals surface area (Å²) in [6.07, 6.45) is 4.57. The largest absolute Gasteiger partial charge is 0.394 e. The van der Waals surface area contributed by atoms with Gasteiger partial charge in [-0.25, -0.2) is 0 Å². The highest BCUT2D eigenvalue weighted by molar-refractivity contribution is 5.43. The number of ether oxygens (including phenoxy) is 2. The molecule has 0 aromatic carbocycles. The maximum absolute atomic E-state index is 9.27. The molecule has 11 heteroatoms. The summed E-state index contributed by atoms with van der Waals surface area (Å²) in [7, 11) is 0. The van der Waals surface area contributed by atoms with Crippen molar-refractivity contribution in [3.63, 3.8) is 0 Å². The lowest BCUT2D eigenvalue weighted by molar-refractivity contribution is 0.0547. The Kier molecular flexibility index (Phi) is 10.8. The van der Waals surface area contributed by atoms with Crippen molar-refractivity contribution in [1.29, 1.82) is 0 Å². The summed E-state index contributed by atoms with van der Waals surface area (Å²) in [6, 6.07) is -0.183. The van der Waals surface area contributed by atoms with Crippen LogP contribution in [0.25, 0.3) is 0 Å². The average molecular weight is 399 g/mol. The van der Waals surface area contributed by atoms with Crippen LogP contribution >= 0.6 is 0 Å². The van der Waals surface area contributed by atoms with E-state index in [0.717, 1.165) is 12.8 Å². The lowest BCUT2D eigenvalue weighted by Gasteiger charge is -2.17. The molecular weight excluding hydrogens is 366 g/mol.